The Bertz CT molecular complexity index is 469. The number of nitrogens with zero attached hydrogens (tertiary/aromatic N) is 2. The van der Waals surface area contributed by atoms with E-state index in [-0.39, 0.29) is 6.04 Å². The SMILES string of the molecule is CC(NS(=O)(=O)N1CCCCC1)c1cccnc1. The smallest absolute Gasteiger partial charge is 0.264 e. The molecule has 1 aliphatic heterocycles. The molecule has 0 bridgehead atoms. The maximum atomic E-state index is 12.2. The lowest BCUT2D eigenvalue weighted by molar-refractivity contribution is 0.339. The number of nitrogens with one attached hydrogen (secondary N) is 1. The average Bonchev–Trinajstić information content (AvgIpc) is 2.40. The van der Waals surface area contributed by atoms with E-state index in [9.17, 15) is 8.42 Å². The minimum atomic E-state index is -3.38. The lowest BCUT2D eigenvalue weighted by atomic mass is 10.2. The van der Waals surface area contributed by atoms with Crippen molar-refractivity contribution in [3.8, 4) is 0 Å². The molecule has 1 N–H and O–H groups in total. The van der Waals surface area contributed by atoms with Gasteiger partial charge < -0.3 is 0 Å². The van der Waals surface area contributed by atoms with E-state index in [1.54, 1.807) is 18.5 Å². The van der Waals surface area contributed by atoms with Crippen molar-refractivity contribution in [1.29, 1.82) is 0 Å². The lowest BCUT2D eigenvalue weighted by Gasteiger charge is -2.27. The van der Waals surface area contributed by atoms with E-state index in [0.29, 0.717) is 13.1 Å². The molecule has 100 valence electrons. The standard InChI is InChI=1S/C12H19N3O2S/c1-11(12-6-5-7-13-10-12)14-18(16,17)15-8-3-2-4-9-15/h5-7,10-11,14H,2-4,8-9H2,1H3. The highest BCUT2D eigenvalue weighted by Gasteiger charge is 2.25. The van der Waals surface area contributed by atoms with Crippen LogP contribution in [0.3, 0.4) is 0 Å². The second kappa shape index (κ2) is 5.77. The van der Waals surface area contributed by atoms with E-state index in [0.717, 1.165) is 24.8 Å². The molecule has 0 saturated carbocycles. The fourth-order valence-corrected chi connectivity index (χ4v) is 3.57. The second-order valence-corrected chi connectivity index (χ2v) is 6.29. The first-order chi connectivity index (χ1) is 8.59. The van der Waals surface area contributed by atoms with E-state index in [1.807, 2.05) is 13.0 Å². The van der Waals surface area contributed by atoms with Crippen LogP contribution in [0.4, 0.5) is 0 Å². The largest absolute Gasteiger partial charge is 0.279 e. The number of pyridine rings is 1. The average molecular weight is 269 g/mol. The normalized spacial score (nSPS) is 19.6. The van der Waals surface area contributed by atoms with Gasteiger partial charge in [-0.1, -0.05) is 12.5 Å². The Morgan fingerprint density at radius 1 is 1.33 bits per heavy atom. The van der Waals surface area contributed by atoms with Crippen LogP contribution in [0.15, 0.2) is 24.5 Å². The zero-order chi connectivity index (χ0) is 13.0. The first kappa shape index (κ1) is 13.5. The van der Waals surface area contributed by atoms with Gasteiger partial charge in [0.25, 0.3) is 10.2 Å². The monoisotopic (exact) mass is 269 g/mol. The molecule has 0 aliphatic carbocycles. The van der Waals surface area contributed by atoms with Gasteiger partial charge in [0.1, 0.15) is 0 Å². The van der Waals surface area contributed by atoms with Crippen LogP contribution in [0.1, 0.15) is 37.8 Å². The molecule has 2 rings (SSSR count). The fourth-order valence-electron chi connectivity index (χ4n) is 2.10. The fraction of sp³-hybridized carbons (Fsp3) is 0.583. The highest BCUT2D eigenvalue weighted by molar-refractivity contribution is 7.87. The van der Waals surface area contributed by atoms with E-state index in [2.05, 4.69) is 9.71 Å². The molecule has 0 aromatic carbocycles. The van der Waals surface area contributed by atoms with Gasteiger partial charge in [0, 0.05) is 31.5 Å². The number of rotatable bonds is 4. The van der Waals surface area contributed by atoms with Crippen molar-refractivity contribution in [2.45, 2.75) is 32.2 Å². The van der Waals surface area contributed by atoms with Crippen LogP contribution in [0.2, 0.25) is 0 Å². The Kier molecular flexibility index (Phi) is 4.31. The quantitative estimate of drug-likeness (QED) is 0.900. The van der Waals surface area contributed by atoms with Crippen molar-refractivity contribution in [2.24, 2.45) is 0 Å². The van der Waals surface area contributed by atoms with Crippen LogP contribution in [0, 0.1) is 0 Å². The summed E-state index contributed by atoms with van der Waals surface area (Å²) in [5.41, 5.74) is 0.873. The minimum absolute atomic E-state index is 0.259. The van der Waals surface area contributed by atoms with Gasteiger partial charge in [0.2, 0.25) is 0 Å². The third-order valence-corrected chi connectivity index (χ3v) is 4.86. The molecular formula is C12H19N3O2S. The Morgan fingerprint density at radius 3 is 2.67 bits per heavy atom. The van der Waals surface area contributed by atoms with E-state index in [4.69, 9.17) is 0 Å². The minimum Gasteiger partial charge on any atom is -0.264 e. The number of hydrogen-bond donors (Lipinski definition) is 1. The maximum Gasteiger partial charge on any atom is 0.279 e. The molecule has 0 radical (unpaired) electrons. The van der Waals surface area contributed by atoms with Gasteiger partial charge in [-0.25, -0.2) is 0 Å². The summed E-state index contributed by atoms with van der Waals surface area (Å²) < 4.78 is 28.6. The number of aromatic nitrogens is 1. The molecule has 1 aromatic rings. The van der Waals surface area contributed by atoms with Gasteiger partial charge in [-0.05, 0) is 31.4 Å². The molecule has 1 aromatic heterocycles. The Morgan fingerprint density at radius 2 is 2.06 bits per heavy atom. The molecule has 18 heavy (non-hydrogen) atoms. The third kappa shape index (κ3) is 3.28. The summed E-state index contributed by atoms with van der Waals surface area (Å²) in [6.07, 6.45) is 6.37. The zero-order valence-electron chi connectivity index (χ0n) is 10.5. The first-order valence-electron chi connectivity index (χ1n) is 6.27. The number of piperidine rings is 1. The van der Waals surface area contributed by atoms with Crippen LogP contribution >= 0.6 is 0 Å². The Labute approximate surface area is 108 Å². The highest BCUT2D eigenvalue weighted by atomic mass is 32.2. The van der Waals surface area contributed by atoms with Crippen molar-refractivity contribution in [2.75, 3.05) is 13.1 Å². The molecule has 1 aliphatic rings. The summed E-state index contributed by atoms with van der Waals surface area (Å²) >= 11 is 0. The molecule has 5 nitrogen and oxygen atoms in total. The highest BCUT2D eigenvalue weighted by Crippen LogP contribution is 2.16. The molecule has 1 saturated heterocycles. The summed E-state index contributed by atoms with van der Waals surface area (Å²) in [7, 11) is -3.38. The van der Waals surface area contributed by atoms with Gasteiger partial charge in [-0.3, -0.25) is 4.98 Å². The van der Waals surface area contributed by atoms with Crippen molar-refractivity contribution < 1.29 is 8.42 Å². The summed E-state index contributed by atoms with van der Waals surface area (Å²) in [6, 6.07) is 3.42. The second-order valence-electron chi connectivity index (χ2n) is 4.59. The van der Waals surface area contributed by atoms with Gasteiger partial charge in [-0.2, -0.15) is 17.4 Å². The van der Waals surface area contributed by atoms with Crippen molar-refractivity contribution in [3.05, 3.63) is 30.1 Å². The van der Waals surface area contributed by atoms with Gasteiger partial charge in [0.05, 0.1) is 0 Å². The molecule has 0 amide bonds. The molecule has 6 heteroatoms. The molecule has 1 fully saturated rings. The summed E-state index contributed by atoms with van der Waals surface area (Å²) in [5, 5.41) is 0. The third-order valence-electron chi connectivity index (χ3n) is 3.17. The van der Waals surface area contributed by atoms with Crippen molar-refractivity contribution in [1.82, 2.24) is 14.0 Å². The summed E-state index contributed by atoms with van der Waals surface area (Å²) in [5.74, 6) is 0. The van der Waals surface area contributed by atoms with Crippen LogP contribution in [0.25, 0.3) is 0 Å². The number of hydrogen-bond acceptors (Lipinski definition) is 3. The summed E-state index contributed by atoms with van der Waals surface area (Å²) in [4.78, 5) is 4.00. The van der Waals surface area contributed by atoms with E-state index < -0.39 is 10.2 Å². The zero-order valence-corrected chi connectivity index (χ0v) is 11.4. The van der Waals surface area contributed by atoms with E-state index in [1.165, 1.54) is 4.31 Å². The predicted molar refractivity (Wildman–Crippen MR) is 70.1 cm³/mol. The van der Waals surface area contributed by atoms with Crippen molar-refractivity contribution >= 4 is 10.2 Å². The maximum absolute atomic E-state index is 12.2. The first-order valence-corrected chi connectivity index (χ1v) is 7.71. The van der Waals surface area contributed by atoms with Crippen LogP contribution < -0.4 is 4.72 Å². The topological polar surface area (TPSA) is 62.3 Å². The van der Waals surface area contributed by atoms with Crippen molar-refractivity contribution in [3.63, 3.8) is 0 Å². The molecular weight excluding hydrogens is 250 g/mol. The lowest BCUT2D eigenvalue weighted by Crippen LogP contribution is -2.44. The molecule has 0 spiro atoms. The van der Waals surface area contributed by atoms with Gasteiger partial charge in [0.15, 0.2) is 0 Å². The Balaban J connectivity index is 2.03. The molecule has 1 unspecified atom stereocenters. The van der Waals surface area contributed by atoms with Crippen LogP contribution in [-0.4, -0.2) is 30.8 Å². The van der Waals surface area contributed by atoms with Crippen LogP contribution in [0.5, 0.6) is 0 Å². The van der Waals surface area contributed by atoms with Crippen LogP contribution in [-0.2, 0) is 10.2 Å². The Hall–Kier alpha value is -0.980. The van der Waals surface area contributed by atoms with Gasteiger partial charge >= 0.3 is 0 Å². The van der Waals surface area contributed by atoms with Gasteiger partial charge in [-0.15, -0.1) is 0 Å². The predicted octanol–water partition coefficient (Wildman–Crippen LogP) is 1.46. The summed E-state index contributed by atoms with van der Waals surface area (Å²) in [6.45, 7) is 3.07. The molecule has 2 heterocycles. The van der Waals surface area contributed by atoms with E-state index >= 15 is 0 Å². The molecule has 1 atom stereocenters.